The molecule has 0 saturated heterocycles. The van der Waals surface area contributed by atoms with Gasteiger partial charge in [-0.2, -0.15) is 0 Å². The molecule has 0 radical (unpaired) electrons. The van der Waals surface area contributed by atoms with Crippen molar-refractivity contribution < 1.29 is 9.50 Å². The van der Waals surface area contributed by atoms with Crippen LogP contribution in [0, 0.1) is 12.7 Å². The predicted molar refractivity (Wildman–Crippen MR) is 71.0 cm³/mol. The smallest absolute Gasteiger partial charge is 0.128 e. The monoisotopic (exact) mass is 245 g/mol. The van der Waals surface area contributed by atoms with E-state index in [1.54, 1.807) is 18.2 Å². The molecule has 3 heteroatoms. The van der Waals surface area contributed by atoms with Gasteiger partial charge in [0.15, 0.2) is 0 Å². The lowest BCUT2D eigenvalue weighted by molar-refractivity contribution is 0.274. The largest absolute Gasteiger partial charge is 0.394 e. The lowest BCUT2D eigenvalue weighted by Gasteiger charge is -2.18. The van der Waals surface area contributed by atoms with Crippen molar-refractivity contribution in [1.82, 2.24) is 0 Å². The summed E-state index contributed by atoms with van der Waals surface area (Å²) in [5.41, 5.74) is 2.50. The van der Waals surface area contributed by atoms with Crippen LogP contribution in [0.25, 0.3) is 0 Å². The van der Waals surface area contributed by atoms with E-state index in [9.17, 15) is 9.50 Å². The first-order valence-corrected chi connectivity index (χ1v) is 5.89. The Balaban J connectivity index is 2.20. The number of aliphatic hydroxyl groups excluding tert-OH is 1. The van der Waals surface area contributed by atoms with Crippen molar-refractivity contribution in [2.45, 2.75) is 13.0 Å². The molecule has 1 unspecified atom stereocenters. The molecule has 0 aliphatic heterocycles. The van der Waals surface area contributed by atoms with Crippen LogP contribution in [0.2, 0.25) is 0 Å². The molecule has 0 saturated carbocycles. The summed E-state index contributed by atoms with van der Waals surface area (Å²) in [7, 11) is 0. The normalized spacial score (nSPS) is 12.2. The molecule has 2 N–H and O–H groups in total. The van der Waals surface area contributed by atoms with Crippen molar-refractivity contribution in [3.63, 3.8) is 0 Å². The molecule has 0 aliphatic rings. The van der Waals surface area contributed by atoms with Crippen molar-refractivity contribution in [3.05, 3.63) is 65.5 Å². The van der Waals surface area contributed by atoms with E-state index in [1.807, 2.05) is 31.2 Å². The highest BCUT2D eigenvalue weighted by Crippen LogP contribution is 2.21. The van der Waals surface area contributed by atoms with Crippen LogP contribution in [0.15, 0.2) is 48.5 Å². The minimum Gasteiger partial charge on any atom is -0.394 e. The van der Waals surface area contributed by atoms with Crippen LogP contribution in [-0.2, 0) is 0 Å². The van der Waals surface area contributed by atoms with Crippen molar-refractivity contribution in [3.8, 4) is 0 Å². The first-order chi connectivity index (χ1) is 8.70. The quantitative estimate of drug-likeness (QED) is 0.866. The van der Waals surface area contributed by atoms with E-state index in [0.717, 1.165) is 11.3 Å². The van der Waals surface area contributed by atoms with Gasteiger partial charge in [-0.1, -0.05) is 35.9 Å². The van der Waals surface area contributed by atoms with E-state index in [4.69, 9.17) is 0 Å². The van der Waals surface area contributed by atoms with E-state index < -0.39 is 6.04 Å². The molecule has 0 aromatic heterocycles. The van der Waals surface area contributed by atoms with Gasteiger partial charge < -0.3 is 10.4 Å². The number of hydrogen-bond acceptors (Lipinski definition) is 2. The summed E-state index contributed by atoms with van der Waals surface area (Å²) in [6.45, 7) is 1.85. The highest BCUT2D eigenvalue weighted by molar-refractivity contribution is 5.46. The molecule has 0 heterocycles. The maximum absolute atomic E-state index is 13.6. The summed E-state index contributed by atoms with van der Waals surface area (Å²) in [5.74, 6) is -0.309. The fourth-order valence-electron chi connectivity index (χ4n) is 1.83. The third-order valence-corrected chi connectivity index (χ3v) is 2.86. The maximum atomic E-state index is 13.6. The second kappa shape index (κ2) is 5.65. The average molecular weight is 245 g/mol. The van der Waals surface area contributed by atoms with Crippen molar-refractivity contribution in [2.24, 2.45) is 0 Å². The zero-order valence-electron chi connectivity index (χ0n) is 10.2. The highest BCUT2D eigenvalue weighted by atomic mass is 19.1. The molecule has 18 heavy (non-hydrogen) atoms. The molecule has 0 spiro atoms. The summed E-state index contributed by atoms with van der Waals surface area (Å²) in [4.78, 5) is 0. The Morgan fingerprint density at radius 2 is 1.78 bits per heavy atom. The minimum atomic E-state index is -0.436. The third kappa shape index (κ3) is 2.87. The van der Waals surface area contributed by atoms with Crippen LogP contribution in [-0.4, -0.2) is 11.7 Å². The fraction of sp³-hybridized carbons (Fsp3) is 0.200. The van der Waals surface area contributed by atoms with Gasteiger partial charge in [-0.05, 0) is 25.1 Å². The number of rotatable bonds is 4. The van der Waals surface area contributed by atoms with E-state index in [-0.39, 0.29) is 12.4 Å². The van der Waals surface area contributed by atoms with Gasteiger partial charge in [-0.3, -0.25) is 0 Å². The number of anilines is 1. The second-order valence-electron chi connectivity index (χ2n) is 4.27. The first-order valence-electron chi connectivity index (χ1n) is 5.89. The summed E-state index contributed by atoms with van der Waals surface area (Å²) in [6.07, 6.45) is 0. The molecule has 2 nitrogen and oxygen atoms in total. The third-order valence-electron chi connectivity index (χ3n) is 2.86. The molecule has 2 aromatic carbocycles. The highest BCUT2D eigenvalue weighted by Gasteiger charge is 2.13. The van der Waals surface area contributed by atoms with E-state index in [0.29, 0.717) is 5.56 Å². The summed E-state index contributed by atoms with van der Waals surface area (Å²) < 4.78 is 13.6. The predicted octanol–water partition coefficient (Wildman–Crippen LogP) is 3.28. The van der Waals surface area contributed by atoms with Gasteiger partial charge in [0.1, 0.15) is 5.82 Å². The van der Waals surface area contributed by atoms with Crippen LogP contribution < -0.4 is 5.32 Å². The maximum Gasteiger partial charge on any atom is 0.128 e. The van der Waals surface area contributed by atoms with Gasteiger partial charge in [0, 0.05) is 11.3 Å². The SMILES string of the molecule is Cc1ccc(NC(CO)c2ccccc2F)cc1. The molecule has 0 fully saturated rings. The van der Waals surface area contributed by atoms with Crippen molar-refractivity contribution in [1.29, 1.82) is 0 Å². The van der Waals surface area contributed by atoms with Gasteiger partial charge in [0.25, 0.3) is 0 Å². The van der Waals surface area contributed by atoms with Gasteiger partial charge in [0.2, 0.25) is 0 Å². The number of aryl methyl sites for hydroxylation is 1. The molecule has 0 bridgehead atoms. The Morgan fingerprint density at radius 1 is 1.11 bits per heavy atom. The Labute approximate surface area is 106 Å². The Hall–Kier alpha value is -1.87. The Kier molecular flexibility index (Phi) is 3.95. The first kappa shape index (κ1) is 12.6. The van der Waals surface area contributed by atoms with Gasteiger partial charge in [-0.15, -0.1) is 0 Å². The summed E-state index contributed by atoms with van der Waals surface area (Å²) in [5, 5.41) is 12.5. The number of aliphatic hydroxyl groups is 1. The molecular formula is C15H16FNO. The molecule has 0 amide bonds. The average Bonchev–Trinajstić information content (AvgIpc) is 2.39. The van der Waals surface area contributed by atoms with Gasteiger partial charge >= 0.3 is 0 Å². The fourth-order valence-corrected chi connectivity index (χ4v) is 1.83. The lowest BCUT2D eigenvalue weighted by Crippen LogP contribution is -2.16. The van der Waals surface area contributed by atoms with Crippen LogP contribution in [0.4, 0.5) is 10.1 Å². The Bertz CT molecular complexity index is 510. The molecule has 0 aliphatic carbocycles. The molecule has 1 atom stereocenters. The van der Waals surface area contributed by atoms with Crippen molar-refractivity contribution >= 4 is 5.69 Å². The Morgan fingerprint density at radius 3 is 2.39 bits per heavy atom. The zero-order chi connectivity index (χ0) is 13.0. The molecule has 2 aromatic rings. The number of benzene rings is 2. The lowest BCUT2D eigenvalue weighted by atomic mass is 10.1. The van der Waals surface area contributed by atoms with Crippen LogP contribution in [0.3, 0.4) is 0 Å². The van der Waals surface area contributed by atoms with E-state index >= 15 is 0 Å². The number of halogens is 1. The number of nitrogens with one attached hydrogen (secondary N) is 1. The molecule has 2 rings (SSSR count). The molecular weight excluding hydrogens is 229 g/mol. The number of hydrogen-bond donors (Lipinski definition) is 2. The molecule has 94 valence electrons. The topological polar surface area (TPSA) is 32.3 Å². The van der Waals surface area contributed by atoms with E-state index in [2.05, 4.69) is 5.32 Å². The zero-order valence-corrected chi connectivity index (χ0v) is 10.2. The summed E-state index contributed by atoms with van der Waals surface area (Å²) in [6, 6.07) is 13.8. The van der Waals surface area contributed by atoms with Crippen LogP contribution >= 0.6 is 0 Å². The van der Waals surface area contributed by atoms with Crippen LogP contribution in [0.5, 0.6) is 0 Å². The van der Waals surface area contributed by atoms with E-state index in [1.165, 1.54) is 6.07 Å². The standard InChI is InChI=1S/C15H16FNO/c1-11-6-8-12(9-7-11)17-15(10-18)13-4-2-3-5-14(13)16/h2-9,15,17-18H,10H2,1H3. The minimum absolute atomic E-state index is 0.158. The van der Waals surface area contributed by atoms with Gasteiger partial charge in [0.05, 0.1) is 12.6 Å². The van der Waals surface area contributed by atoms with Crippen molar-refractivity contribution in [2.75, 3.05) is 11.9 Å². The summed E-state index contributed by atoms with van der Waals surface area (Å²) >= 11 is 0. The van der Waals surface area contributed by atoms with Gasteiger partial charge in [-0.25, -0.2) is 4.39 Å². The second-order valence-corrected chi connectivity index (χ2v) is 4.27. The van der Waals surface area contributed by atoms with Crippen LogP contribution in [0.1, 0.15) is 17.2 Å².